The molecule has 1 atom stereocenters. The summed E-state index contributed by atoms with van der Waals surface area (Å²) in [5.74, 6) is -0.221. The number of sulfonamides is 1. The summed E-state index contributed by atoms with van der Waals surface area (Å²) in [6.45, 7) is 5.89. The summed E-state index contributed by atoms with van der Waals surface area (Å²) >= 11 is 5.80. The first-order chi connectivity index (χ1) is 12.7. The minimum Gasteiger partial charge on any atom is -0.280 e. The van der Waals surface area contributed by atoms with Crippen LogP contribution >= 0.6 is 11.6 Å². The molecule has 0 fully saturated rings. The molecule has 0 saturated carbocycles. The lowest BCUT2D eigenvalue weighted by molar-refractivity contribution is 0.0954. The molecule has 6 nitrogen and oxygen atoms in total. The highest BCUT2D eigenvalue weighted by Gasteiger charge is 2.16. The van der Waals surface area contributed by atoms with Crippen molar-refractivity contribution in [3.63, 3.8) is 0 Å². The molecular formula is C19H22ClN3O3S. The van der Waals surface area contributed by atoms with Crippen molar-refractivity contribution in [3.05, 3.63) is 59.1 Å². The second-order valence-corrected chi connectivity index (χ2v) is 8.26. The van der Waals surface area contributed by atoms with Crippen LogP contribution in [0.15, 0.2) is 58.5 Å². The summed E-state index contributed by atoms with van der Waals surface area (Å²) in [5.41, 5.74) is 3.85. The van der Waals surface area contributed by atoms with Crippen molar-refractivity contribution >= 4 is 38.9 Å². The van der Waals surface area contributed by atoms with Crippen LogP contribution in [0.5, 0.6) is 0 Å². The molecule has 2 aromatic carbocycles. The van der Waals surface area contributed by atoms with Gasteiger partial charge in [-0.25, -0.2) is 13.8 Å². The molecule has 0 aromatic heterocycles. The monoisotopic (exact) mass is 407 g/mol. The number of carbonyl (C=O) groups is 1. The highest BCUT2D eigenvalue weighted by molar-refractivity contribution is 7.92. The maximum Gasteiger partial charge on any atom is 0.271 e. The molecule has 2 N–H and O–H groups in total. The van der Waals surface area contributed by atoms with Gasteiger partial charge in [0, 0.05) is 22.0 Å². The molecule has 1 amide bonds. The summed E-state index contributed by atoms with van der Waals surface area (Å²) in [6.07, 6.45) is 0.912. The molecule has 144 valence electrons. The third-order valence-corrected chi connectivity index (χ3v) is 5.79. The molecule has 0 bridgehead atoms. The predicted molar refractivity (Wildman–Crippen MR) is 109 cm³/mol. The Balaban J connectivity index is 2.18. The number of amides is 1. The zero-order valence-electron chi connectivity index (χ0n) is 15.4. The number of anilines is 1. The second-order valence-electron chi connectivity index (χ2n) is 6.14. The quantitative estimate of drug-likeness (QED) is 0.530. The van der Waals surface area contributed by atoms with Gasteiger partial charge < -0.3 is 0 Å². The Morgan fingerprint density at radius 1 is 1.19 bits per heavy atom. The summed E-state index contributed by atoms with van der Waals surface area (Å²) in [7, 11) is -3.84. The zero-order chi connectivity index (χ0) is 20.0. The standard InChI is InChI=1S/C19H22ClN3O3S/c1-4-13(2)14(3)21-22-19(24)15-6-5-7-18(12-15)27(25,26)23-17-10-8-16(20)9-11-17/h5-13,23H,4H2,1-3H3,(H,22,24)/b21-14-/t13-/m1/s1. The molecule has 0 spiro atoms. The first-order valence-corrected chi connectivity index (χ1v) is 10.3. The van der Waals surface area contributed by atoms with Gasteiger partial charge in [0.25, 0.3) is 15.9 Å². The van der Waals surface area contributed by atoms with Gasteiger partial charge in [-0.2, -0.15) is 5.10 Å². The van der Waals surface area contributed by atoms with E-state index in [2.05, 4.69) is 15.2 Å². The van der Waals surface area contributed by atoms with E-state index in [1.54, 1.807) is 24.3 Å². The molecule has 0 aliphatic heterocycles. The zero-order valence-corrected chi connectivity index (χ0v) is 16.9. The fourth-order valence-corrected chi connectivity index (χ4v) is 3.38. The van der Waals surface area contributed by atoms with Crippen molar-refractivity contribution in [2.45, 2.75) is 32.1 Å². The number of carbonyl (C=O) groups excluding carboxylic acids is 1. The van der Waals surface area contributed by atoms with E-state index in [0.29, 0.717) is 10.7 Å². The predicted octanol–water partition coefficient (Wildman–Crippen LogP) is 4.29. The van der Waals surface area contributed by atoms with Gasteiger partial charge in [-0.05, 0) is 61.7 Å². The SMILES string of the molecule is CC[C@@H](C)/C(C)=N\NC(=O)c1cccc(S(=O)(=O)Nc2ccc(Cl)cc2)c1. The van der Waals surface area contributed by atoms with Crippen LogP contribution in [0.25, 0.3) is 0 Å². The third kappa shape index (κ3) is 5.80. The topological polar surface area (TPSA) is 87.6 Å². The lowest BCUT2D eigenvalue weighted by Crippen LogP contribution is -2.21. The van der Waals surface area contributed by atoms with Gasteiger partial charge in [0.2, 0.25) is 0 Å². The molecule has 0 aliphatic carbocycles. The van der Waals surface area contributed by atoms with E-state index in [1.807, 2.05) is 20.8 Å². The molecule has 0 saturated heterocycles. The number of benzene rings is 2. The van der Waals surface area contributed by atoms with Crippen LogP contribution < -0.4 is 10.1 Å². The van der Waals surface area contributed by atoms with Gasteiger partial charge in [-0.3, -0.25) is 9.52 Å². The van der Waals surface area contributed by atoms with E-state index >= 15 is 0 Å². The molecule has 2 rings (SSSR count). The van der Waals surface area contributed by atoms with Crippen molar-refractivity contribution in [1.82, 2.24) is 5.43 Å². The van der Waals surface area contributed by atoms with Crippen LogP contribution in [0.1, 0.15) is 37.6 Å². The fourth-order valence-electron chi connectivity index (χ4n) is 2.15. The number of hydrogen-bond donors (Lipinski definition) is 2. The van der Waals surface area contributed by atoms with Crippen molar-refractivity contribution in [1.29, 1.82) is 0 Å². The summed E-state index contributed by atoms with van der Waals surface area (Å²) in [6, 6.07) is 12.1. The number of nitrogens with one attached hydrogen (secondary N) is 2. The molecule has 27 heavy (non-hydrogen) atoms. The number of halogens is 1. The van der Waals surface area contributed by atoms with E-state index in [1.165, 1.54) is 24.3 Å². The lowest BCUT2D eigenvalue weighted by atomic mass is 10.1. The smallest absolute Gasteiger partial charge is 0.271 e. The molecule has 2 aromatic rings. The largest absolute Gasteiger partial charge is 0.280 e. The van der Waals surface area contributed by atoms with E-state index in [9.17, 15) is 13.2 Å². The average molecular weight is 408 g/mol. The summed E-state index contributed by atoms with van der Waals surface area (Å²) in [4.78, 5) is 12.3. The number of hydrogen-bond acceptors (Lipinski definition) is 4. The Kier molecular flexibility index (Phi) is 6.98. The molecule has 0 aliphatic rings. The Hall–Kier alpha value is -2.38. The highest BCUT2D eigenvalue weighted by Crippen LogP contribution is 2.19. The van der Waals surface area contributed by atoms with E-state index in [-0.39, 0.29) is 16.4 Å². The van der Waals surface area contributed by atoms with Gasteiger partial charge in [0.15, 0.2) is 0 Å². The Morgan fingerprint density at radius 2 is 1.85 bits per heavy atom. The van der Waals surface area contributed by atoms with Gasteiger partial charge >= 0.3 is 0 Å². The van der Waals surface area contributed by atoms with Crippen LogP contribution in [-0.4, -0.2) is 20.0 Å². The van der Waals surface area contributed by atoms with Crippen molar-refractivity contribution < 1.29 is 13.2 Å². The molecule has 0 unspecified atom stereocenters. The van der Waals surface area contributed by atoms with Crippen LogP contribution in [0.4, 0.5) is 5.69 Å². The molecule has 0 heterocycles. The van der Waals surface area contributed by atoms with Crippen molar-refractivity contribution in [2.24, 2.45) is 11.0 Å². The lowest BCUT2D eigenvalue weighted by Gasteiger charge is -2.10. The molecular weight excluding hydrogens is 386 g/mol. The fraction of sp³-hybridized carbons (Fsp3) is 0.263. The minimum atomic E-state index is -3.84. The first kappa shape index (κ1) is 20.9. The van der Waals surface area contributed by atoms with E-state index < -0.39 is 15.9 Å². The van der Waals surface area contributed by atoms with Gasteiger partial charge in [-0.15, -0.1) is 0 Å². The average Bonchev–Trinajstić information content (AvgIpc) is 2.66. The van der Waals surface area contributed by atoms with E-state index in [4.69, 9.17) is 11.6 Å². The van der Waals surface area contributed by atoms with Crippen molar-refractivity contribution in [3.8, 4) is 0 Å². The Labute approximate surface area is 164 Å². The third-order valence-electron chi connectivity index (χ3n) is 4.16. The second kappa shape index (κ2) is 9.01. The summed E-state index contributed by atoms with van der Waals surface area (Å²) in [5, 5.41) is 4.58. The minimum absolute atomic E-state index is 0.0206. The van der Waals surface area contributed by atoms with Gasteiger partial charge in [0.1, 0.15) is 0 Å². The number of nitrogens with zero attached hydrogens (tertiary/aromatic N) is 1. The van der Waals surface area contributed by atoms with Crippen LogP contribution in [0.3, 0.4) is 0 Å². The van der Waals surface area contributed by atoms with Crippen molar-refractivity contribution in [2.75, 3.05) is 4.72 Å². The first-order valence-electron chi connectivity index (χ1n) is 8.46. The molecule has 0 radical (unpaired) electrons. The Morgan fingerprint density at radius 3 is 2.48 bits per heavy atom. The van der Waals surface area contributed by atoms with Gasteiger partial charge in [0.05, 0.1) is 4.90 Å². The normalized spacial score (nSPS) is 13.1. The number of rotatable bonds is 7. The molecule has 8 heteroatoms. The van der Waals surface area contributed by atoms with Crippen LogP contribution in [0.2, 0.25) is 5.02 Å². The number of hydrazone groups is 1. The van der Waals surface area contributed by atoms with Gasteiger partial charge in [-0.1, -0.05) is 31.5 Å². The highest BCUT2D eigenvalue weighted by atomic mass is 35.5. The maximum atomic E-state index is 12.6. The summed E-state index contributed by atoms with van der Waals surface area (Å²) < 4.78 is 27.6. The van der Waals surface area contributed by atoms with Crippen LogP contribution in [-0.2, 0) is 10.0 Å². The Bertz CT molecular complexity index is 941. The van der Waals surface area contributed by atoms with Crippen LogP contribution in [0, 0.1) is 5.92 Å². The van der Waals surface area contributed by atoms with E-state index in [0.717, 1.165) is 12.1 Å². The maximum absolute atomic E-state index is 12.6.